The molecule has 4 nitrogen and oxygen atoms in total. The number of nitrogens with one attached hydrogen (secondary N) is 1. The molecule has 0 aliphatic heterocycles. The summed E-state index contributed by atoms with van der Waals surface area (Å²) in [5.41, 5.74) is 0.993. The number of benzene rings is 1. The third kappa shape index (κ3) is 5.08. The number of aromatic nitrogens is 1. The normalized spacial score (nSPS) is 15.0. The van der Waals surface area contributed by atoms with Crippen LogP contribution in [-0.4, -0.2) is 10.9 Å². The van der Waals surface area contributed by atoms with E-state index in [1.807, 2.05) is 42.5 Å². The van der Waals surface area contributed by atoms with Gasteiger partial charge in [-0.2, -0.15) is 0 Å². The number of carbonyl (C=O) groups excluding carboxylic acids is 1. The van der Waals surface area contributed by atoms with Crippen molar-refractivity contribution in [2.24, 2.45) is 5.92 Å². The lowest BCUT2D eigenvalue weighted by Crippen LogP contribution is -2.25. The van der Waals surface area contributed by atoms with Crippen LogP contribution >= 0.6 is 0 Å². The van der Waals surface area contributed by atoms with Gasteiger partial charge in [-0.1, -0.05) is 37.5 Å². The lowest BCUT2D eigenvalue weighted by atomic mass is 9.87. The van der Waals surface area contributed by atoms with Gasteiger partial charge in [0.25, 0.3) is 0 Å². The Hall–Kier alpha value is -2.36. The second kappa shape index (κ2) is 8.48. The number of nitrogens with zero attached hydrogens (tertiary/aromatic N) is 1. The van der Waals surface area contributed by atoms with Gasteiger partial charge in [0, 0.05) is 25.2 Å². The summed E-state index contributed by atoms with van der Waals surface area (Å²) in [6.45, 7) is 0.513. The molecular weight excluding hydrogens is 300 g/mol. The minimum Gasteiger partial charge on any atom is -0.439 e. The Kier molecular flexibility index (Phi) is 5.83. The average molecular weight is 324 g/mol. The largest absolute Gasteiger partial charge is 0.439 e. The van der Waals surface area contributed by atoms with Gasteiger partial charge in [-0.05, 0) is 42.5 Å². The first-order valence-electron chi connectivity index (χ1n) is 8.74. The molecule has 2 aromatic rings. The highest BCUT2D eigenvalue weighted by Gasteiger charge is 2.16. The van der Waals surface area contributed by atoms with E-state index in [1.165, 1.54) is 32.1 Å². The summed E-state index contributed by atoms with van der Waals surface area (Å²) in [7, 11) is 0. The summed E-state index contributed by atoms with van der Waals surface area (Å²) in [6, 6.07) is 13.3. The molecule has 24 heavy (non-hydrogen) atoms. The summed E-state index contributed by atoms with van der Waals surface area (Å²) in [5.74, 6) is 2.00. The maximum Gasteiger partial charge on any atom is 0.220 e. The molecule has 1 saturated carbocycles. The maximum atomic E-state index is 12.1. The fourth-order valence-electron chi connectivity index (χ4n) is 3.15. The van der Waals surface area contributed by atoms with E-state index in [0.717, 1.165) is 11.3 Å². The quantitative estimate of drug-likeness (QED) is 0.853. The lowest BCUT2D eigenvalue weighted by molar-refractivity contribution is -0.122. The molecule has 0 unspecified atom stereocenters. The van der Waals surface area contributed by atoms with E-state index in [0.29, 0.717) is 24.8 Å². The van der Waals surface area contributed by atoms with Crippen molar-refractivity contribution in [1.29, 1.82) is 0 Å². The van der Waals surface area contributed by atoms with Gasteiger partial charge < -0.3 is 10.1 Å². The highest BCUT2D eigenvalue weighted by Crippen LogP contribution is 2.26. The molecule has 0 radical (unpaired) electrons. The van der Waals surface area contributed by atoms with Crippen molar-refractivity contribution in [1.82, 2.24) is 10.3 Å². The zero-order valence-electron chi connectivity index (χ0n) is 13.9. The number of carbonyl (C=O) groups is 1. The second-order valence-electron chi connectivity index (χ2n) is 6.40. The number of hydrogen-bond donors (Lipinski definition) is 1. The van der Waals surface area contributed by atoms with Gasteiger partial charge in [0.1, 0.15) is 5.75 Å². The van der Waals surface area contributed by atoms with Gasteiger partial charge in [-0.3, -0.25) is 4.79 Å². The van der Waals surface area contributed by atoms with E-state index in [-0.39, 0.29) is 5.91 Å². The van der Waals surface area contributed by atoms with Crippen LogP contribution in [0.1, 0.15) is 44.1 Å². The topological polar surface area (TPSA) is 51.2 Å². The molecule has 3 rings (SSSR count). The van der Waals surface area contributed by atoms with Crippen LogP contribution in [0.2, 0.25) is 0 Å². The van der Waals surface area contributed by atoms with Gasteiger partial charge in [0.15, 0.2) is 0 Å². The van der Waals surface area contributed by atoms with Crippen LogP contribution in [0.4, 0.5) is 0 Å². The SMILES string of the molecule is O=C(CC1CCCCC1)NCc1ccnc(Oc2ccccc2)c1. The molecule has 1 heterocycles. The molecule has 1 aliphatic rings. The van der Waals surface area contributed by atoms with Crippen molar-refractivity contribution in [3.05, 3.63) is 54.2 Å². The second-order valence-corrected chi connectivity index (χ2v) is 6.40. The third-order valence-electron chi connectivity index (χ3n) is 4.45. The highest BCUT2D eigenvalue weighted by molar-refractivity contribution is 5.76. The molecule has 0 spiro atoms. The van der Waals surface area contributed by atoms with E-state index in [9.17, 15) is 4.79 Å². The molecular formula is C20H24N2O2. The van der Waals surface area contributed by atoms with E-state index in [4.69, 9.17) is 4.74 Å². The van der Waals surface area contributed by atoms with E-state index in [1.54, 1.807) is 6.20 Å². The Morgan fingerprint density at radius 2 is 1.92 bits per heavy atom. The van der Waals surface area contributed by atoms with E-state index in [2.05, 4.69) is 10.3 Å². The number of hydrogen-bond acceptors (Lipinski definition) is 3. The van der Waals surface area contributed by atoms with Crippen molar-refractivity contribution in [3.8, 4) is 11.6 Å². The molecule has 4 heteroatoms. The summed E-state index contributed by atoms with van der Waals surface area (Å²) in [4.78, 5) is 16.3. The number of ether oxygens (including phenoxy) is 1. The first-order valence-corrected chi connectivity index (χ1v) is 8.74. The van der Waals surface area contributed by atoms with Crippen LogP contribution < -0.4 is 10.1 Å². The van der Waals surface area contributed by atoms with E-state index < -0.39 is 0 Å². The predicted molar refractivity (Wildman–Crippen MR) is 93.8 cm³/mol. The van der Waals surface area contributed by atoms with Gasteiger partial charge in [0.2, 0.25) is 11.8 Å². The van der Waals surface area contributed by atoms with Crippen molar-refractivity contribution < 1.29 is 9.53 Å². The molecule has 1 N–H and O–H groups in total. The number of rotatable bonds is 6. The minimum atomic E-state index is 0.143. The molecule has 1 aliphatic carbocycles. The Morgan fingerprint density at radius 1 is 1.12 bits per heavy atom. The van der Waals surface area contributed by atoms with Crippen molar-refractivity contribution >= 4 is 5.91 Å². The molecule has 1 fully saturated rings. The molecule has 0 atom stereocenters. The maximum absolute atomic E-state index is 12.1. The standard InChI is InChI=1S/C20H24N2O2/c23-19(13-16-7-3-1-4-8-16)22-15-17-11-12-21-20(14-17)24-18-9-5-2-6-10-18/h2,5-6,9-12,14,16H,1,3-4,7-8,13,15H2,(H,22,23). The van der Waals surface area contributed by atoms with Gasteiger partial charge in [0.05, 0.1) is 0 Å². The third-order valence-corrected chi connectivity index (χ3v) is 4.45. The first-order chi connectivity index (χ1) is 11.8. The van der Waals surface area contributed by atoms with Crippen LogP contribution in [0.5, 0.6) is 11.6 Å². The Bertz CT molecular complexity index is 652. The average Bonchev–Trinajstić information content (AvgIpc) is 2.62. The molecule has 1 amide bonds. The predicted octanol–water partition coefficient (Wildman–Crippen LogP) is 4.46. The summed E-state index contributed by atoms with van der Waals surface area (Å²) >= 11 is 0. The highest BCUT2D eigenvalue weighted by atomic mass is 16.5. The fraction of sp³-hybridized carbons (Fsp3) is 0.400. The minimum absolute atomic E-state index is 0.143. The van der Waals surface area contributed by atoms with Gasteiger partial charge >= 0.3 is 0 Å². The van der Waals surface area contributed by atoms with Crippen molar-refractivity contribution in [3.63, 3.8) is 0 Å². The van der Waals surface area contributed by atoms with Crippen molar-refractivity contribution in [2.75, 3.05) is 0 Å². The summed E-state index contributed by atoms with van der Waals surface area (Å²) < 4.78 is 5.72. The van der Waals surface area contributed by atoms with E-state index >= 15 is 0 Å². The summed E-state index contributed by atoms with van der Waals surface area (Å²) in [5, 5.41) is 3.02. The Labute approximate surface area is 143 Å². The van der Waals surface area contributed by atoms with Crippen LogP contribution in [-0.2, 0) is 11.3 Å². The number of amides is 1. The zero-order valence-corrected chi connectivity index (χ0v) is 13.9. The van der Waals surface area contributed by atoms with Gasteiger partial charge in [-0.15, -0.1) is 0 Å². The molecule has 126 valence electrons. The zero-order chi connectivity index (χ0) is 16.6. The molecule has 1 aromatic carbocycles. The van der Waals surface area contributed by atoms with Crippen LogP contribution in [0.3, 0.4) is 0 Å². The smallest absolute Gasteiger partial charge is 0.220 e. The lowest BCUT2D eigenvalue weighted by Gasteiger charge is -2.20. The van der Waals surface area contributed by atoms with Crippen LogP contribution in [0.15, 0.2) is 48.7 Å². The molecule has 0 saturated heterocycles. The summed E-state index contributed by atoms with van der Waals surface area (Å²) in [6.07, 6.45) is 8.60. The molecule has 1 aromatic heterocycles. The van der Waals surface area contributed by atoms with Crippen LogP contribution in [0, 0.1) is 5.92 Å². The Morgan fingerprint density at radius 3 is 2.71 bits per heavy atom. The van der Waals surface area contributed by atoms with Crippen molar-refractivity contribution in [2.45, 2.75) is 45.1 Å². The fourth-order valence-corrected chi connectivity index (χ4v) is 3.15. The first kappa shape index (κ1) is 16.5. The number of pyridine rings is 1. The Balaban J connectivity index is 1.50. The number of para-hydroxylation sites is 1. The van der Waals surface area contributed by atoms with Crippen LogP contribution in [0.25, 0.3) is 0 Å². The molecule has 0 bridgehead atoms. The monoisotopic (exact) mass is 324 g/mol. The van der Waals surface area contributed by atoms with Gasteiger partial charge in [-0.25, -0.2) is 4.98 Å².